The highest BCUT2D eigenvalue weighted by Gasteiger charge is 2.27. The maximum Gasteiger partial charge on any atom is 0.328 e. The maximum atomic E-state index is 11.6. The molecule has 2 aromatic heterocycles. The van der Waals surface area contributed by atoms with Gasteiger partial charge in [-0.3, -0.25) is 0 Å². The number of fused-ring (bicyclic) bond motifs is 1. The minimum Gasteiger partial charge on any atom is -0.710 e. The molecule has 0 aliphatic rings. The number of hydrogen-bond acceptors (Lipinski definition) is 5. The third-order valence-corrected chi connectivity index (χ3v) is 2.45. The van der Waals surface area contributed by atoms with Crippen LogP contribution in [0.3, 0.4) is 0 Å². The monoisotopic (exact) mass is 241 g/mol. The van der Waals surface area contributed by atoms with Crippen molar-refractivity contribution in [1.82, 2.24) is 9.46 Å². The number of nitrogens with one attached hydrogen (secondary N) is 2. The summed E-state index contributed by atoms with van der Waals surface area (Å²) in [5.74, 6) is 0.354. The number of nitrogens with zero attached hydrogens (tertiary/aromatic N) is 3. The van der Waals surface area contributed by atoms with Crippen molar-refractivity contribution in [3.05, 3.63) is 11.5 Å². The summed E-state index contributed by atoms with van der Waals surface area (Å²) in [6.07, 6.45) is 0.938. The van der Waals surface area contributed by atoms with Gasteiger partial charge in [0.2, 0.25) is 5.52 Å². The lowest BCUT2D eigenvalue weighted by molar-refractivity contribution is -0.579. The molecule has 2 aromatic rings. The van der Waals surface area contributed by atoms with Crippen molar-refractivity contribution in [2.24, 2.45) is 0 Å². The number of anilines is 2. The molecular weight excluding hydrogens is 226 g/mol. The smallest absolute Gasteiger partial charge is 0.328 e. The number of hydrogen-bond donors (Lipinski definition) is 4. The maximum absolute atomic E-state index is 11.6. The van der Waals surface area contributed by atoms with E-state index in [1.54, 1.807) is 0 Å². The van der Waals surface area contributed by atoms with E-state index in [0.717, 1.165) is 11.1 Å². The molecule has 0 radical (unpaired) electrons. The van der Waals surface area contributed by atoms with Crippen LogP contribution in [-0.2, 0) is 0 Å². The highest BCUT2D eigenvalue weighted by molar-refractivity contribution is 5.93. The second kappa shape index (κ2) is 3.96. The summed E-state index contributed by atoms with van der Waals surface area (Å²) in [6.45, 7) is 4.91. The highest BCUT2D eigenvalue weighted by Crippen LogP contribution is 2.31. The molecule has 8 nitrogen and oxygen atoms in total. The Hall–Kier alpha value is -2.25. The zero-order valence-corrected chi connectivity index (χ0v) is 9.64. The van der Waals surface area contributed by atoms with Crippen molar-refractivity contribution in [3.8, 4) is 0 Å². The standard InChI is InChI=1S/C9H15N5O3/c1-3-10-6-7-9(13(16)5-12(7)15)14(17)8(6)11-4-2/h5,10-11,16-17H,3-4H2,1-2H3. The van der Waals surface area contributed by atoms with Gasteiger partial charge < -0.3 is 26.3 Å². The van der Waals surface area contributed by atoms with Crippen LogP contribution in [-0.4, -0.2) is 33.0 Å². The van der Waals surface area contributed by atoms with E-state index in [9.17, 15) is 15.6 Å². The molecule has 0 saturated heterocycles. The Bertz CT molecular complexity index is 545. The molecular formula is C9H15N5O3. The highest BCUT2D eigenvalue weighted by atomic mass is 16.5. The summed E-state index contributed by atoms with van der Waals surface area (Å²) >= 11 is 0. The molecule has 0 spiro atoms. The molecule has 2 heterocycles. The van der Waals surface area contributed by atoms with Gasteiger partial charge in [0.05, 0.1) is 0 Å². The molecule has 0 aliphatic carbocycles. The Morgan fingerprint density at radius 2 is 1.94 bits per heavy atom. The normalized spacial score (nSPS) is 10.9. The van der Waals surface area contributed by atoms with E-state index in [2.05, 4.69) is 10.6 Å². The summed E-state index contributed by atoms with van der Waals surface area (Å²) in [5.41, 5.74) is 0.675. The quantitative estimate of drug-likeness (QED) is 0.353. The molecule has 8 heteroatoms. The van der Waals surface area contributed by atoms with Crippen molar-refractivity contribution in [2.45, 2.75) is 13.8 Å². The number of imidazole rings is 1. The van der Waals surface area contributed by atoms with Crippen molar-refractivity contribution in [1.29, 1.82) is 0 Å². The average molecular weight is 241 g/mol. The molecule has 94 valence electrons. The molecule has 0 aromatic carbocycles. The Labute approximate surface area is 97.2 Å². The average Bonchev–Trinajstić information content (AvgIpc) is 2.71. The first kappa shape index (κ1) is 11.2. The minimum absolute atomic E-state index is 0.0203. The molecule has 2 rings (SSSR count). The zero-order valence-electron chi connectivity index (χ0n) is 9.64. The van der Waals surface area contributed by atoms with Crippen LogP contribution in [0.25, 0.3) is 11.2 Å². The van der Waals surface area contributed by atoms with Gasteiger partial charge in [-0.15, -0.1) is 4.73 Å². The molecule has 0 amide bonds. The fourth-order valence-corrected chi connectivity index (χ4v) is 1.84. The van der Waals surface area contributed by atoms with E-state index in [1.807, 2.05) is 13.8 Å². The summed E-state index contributed by atoms with van der Waals surface area (Å²) in [4.78, 5) is 0. The molecule has 0 saturated carbocycles. The van der Waals surface area contributed by atoms with Crippen molar-refractivity contribution in [2.75, 3.05) is 23.7 Å². The summed E-state index contributed by atoms with van der Waals surface area (Å²) < 4.78 is 1.84. The fourth-order valence-electron chi connectivity index (χ4n) is 1.84. The lowest BCUT2D eigenvalue weighted by Crippen LogP contribution is -2.24. The third-order valence-electron chi connectivity index (χ3n) is 2.45. The Balaban J connectivity index is 2.74. The van der Waals surface area contributed by atoms with Crippen LogP contribution in [0.15, 0.2) is 6.33 Å². The van der Waals surface area contributed by atoms with Crippen molar-refractivity contribution in [3.63, 3.8) is 0 Å². The second-order valence-corrected chi connectivity index (χ2v) is 3.55. The van der Waals surface area contributed by atoms with E-state index >= 15 is 0 Å². The van der Waals surface area contributed by atoms with Gasteiger partial charge in [0.15, 0.2) is 5.82 Å². The molecule has 0 atom stereocenters. The molecule has 17 heavy (non-hydrogen) atoms. The number of aromatic nitrogens is 3. The van der Waals surface area contributed by atoms with E-state index in [-0.39, 0.29) is 11.2 Å². The summed E-state index contributed by atoms with van der Waals surface area (Å²) in [6, 6.07) is 0. The van der Waals surface area contributed by atoms with Gasteiger partial charge in [0.1, 0.15) is 5.69 Å². The Kier molecular flexibility index (Phi) is 2.62. The first-order chi connectivity index (χ1) is 8.11. The van der Waals surface area contributed by atoms with Gasteiger partial charge in [0, 0.05) is 13.1 Å². The van der Waals surface area contributed by atoms with Gasteiger partial charge in [-0.05, 0) is 18.6 Å². The summed E-state index contributed by atoms with van der Waals surface area (Å²) in [5, 5.41) is 36.9. The molecule has 0 aliphatic heterocycles. The SMILES string of the molecule is CCNc1c(NCC)n(O)c2c1[n+]([O-])cn2O. The van der Waals surface area contributed by atoms with Crippen LogP contribution >= 0.6 is 0 Å². The molecule has 0 bridgehead atoms. The van der Waals surface area contributed by atoms with Gasteiger partial charge in [-0.2, -0.15) is 0 Å². The van der Waals surface area contributed by atoms with Crippen LogP contribution in [0.4, 0.5) is 11.5 Å². The predicted molar refractivity (Wildman–Crippen MR) is 61.6 cm³/mol. The zero-order chi connectivity index (χ0) is 12.6. The van der Waals surface area contributed by atoms with Crippen LogP contribution in [0.5, 0.6) is 0 Å². The lowest BCUT2D eigenvalue weighted by Gasteiger charge is -2.08. The van der Waals surface area contributed by atoms with E-state index in [0.29, 0.717) is 34.1 Å². The van der Waals surface area contributed by atoms with Gasteiger partial charge >= 0.3 is 5.65 Å². The molecule has 0 unspecified atom stereocenters. The fraction of sp³-hybridized carbons (Fsp3) is 0.444. The first-order valence-corrected chi connectivity index (χ1v) is 5.36. The van der Waals surface area contributed by atoms with Gasteiger partial charge in [-0.1, -0.05) is 0 Å². The molecule has 0 fully saturated rings. The van der Waals surface area contributed by atoms with E-state index in [4.69, 9.17) is 0 Å². The lowest BCUT2D eigenvalue weighted by atomic mass is 10.4. The van der Waals surface area contributed by atoms with Gasteiger partial charge in [0.25, 0.3) is 6.33 Å². The van der Waals surface area contributed by atoms with Crippen LogP contribution < -0.4 is 15.4 Å². The predicted octanol–water partition coefficient (Wildman–Crippen LogP) is 0.414. The van der Waals surface area contributed by atoms with E-state index < -0.39 is 0 Å². The van der Waals surface area contributed by atoms with E-state index in [1.165, 1.54) is 0 Å². The van der Waals surface area contributed by atoms with Crippen molar-refractivity contribution >= 4 is 22.7 Å². The minimum atomic E-state index is 0.0203. The van der Waals surface area contributed by atoms with Crippen molar-refractivity contribution < 1.29 is 15.1 Å². The Morgan fingerprint density at radius 1 is 1.29 bits per heavy atom. The van der Waals surface area contributed by atoms with Crippen LogP contribution in [0.1, 0.15) is 13.8 Å². The van der Waals surface area contributed by atoms with Crippen LogP contribution in [0.2, 0.25) is 0 Å². The Morgan fingerprint density at radius 3 is 2.53 bits per heavy atom. The first-order valence-electron chi connectivity index (χ1n) is 5.36. The number of rotatable bonds is 4. The van der Waals surface area contributed by atoms with Gasteiger partial charge in [-0.25, -0.2) is 4.73 Å². The molecule has 4 N–H and O–H groups in total. The topological polar surface area (TPSA) is 101 Å². The largest absolute Gasteiger partial charge is 0.710 e. The van der Waals surface area contributed by atoms with Crippen LogP contribution in [0, 0.1) is 5.21 Å². The second-order valence-electron chi connectivity index (χ2n) is 3.55. The third kappa shape index (κ3) is 1.49. The summed E-state index contributed by atoms with van der Waals surface area (Å²) in [7, 11) is 0.